The van der Waals surface area contributed by atoms with Crippen molar-refractivity contribution < 1.29 is 0 Å². The van der Waals surface area contributed by atoms with Gasteiger partial charge in [0.25, 0.3) is 0 Å². The zero-order valence-electron chi connectivity index (χ0n) is 14.2. The molecule has 0 saturated carbocycles. The summed E-state index contributed by atoms with van der Waals surface area (Å²) in [6.45, 7) is 13.2. The van der Waals surface area contributed by atoms with Crippen LogP contribution < -0.4 is 0 Å². The molecule has 116 valence electrons. The Kier molecular flexibility index (Phi) is 14.3. The van der Waals surface area contributed by atoms with Crippen molar-refractivity contribution in [1.29, 1.82) is 0 Å². The van der Waals surface area contributed by atoms with Gasteiger partial charge in [-0.2, -0.15) is 0 Å². The lowest BCUT2D eigenvalue weighted by atomic mass is 10.0. The van der Waals surface area contributed by atoms with Crippen molar-refractivity contribution in [2.24, 2.45) is 5.92 Å². The zero-order chi connectivity index (χ0) is 14.3. The van der Waals surface area contributed by atoms with E-state index in [-0.39, 0.29) is 0 Å². The highest BCUT2D eigenvalue weighted by atomic mass is 15.1. The van der Waals surface area contributed by atoms with Crippen molar-refractivity contribution in [2.45, 2.75) is 91.9 Å². The van der Waals surface area contributed by atoms with Crippen LogP contribution in [0.5, 0.6) is 0 Å². The molecule has 0 heterocycles. The van der Waals surface area contributed by atoms with Crippen molar-refractivity contribution in [3.8, 4) is 0 Å². The van der Waals surface area contributed by atoms with Crippen molar-refractivity contribution in [1.82, 2.24) is 4.90 Å². The summed E-state index contributed by atoms with van der Waals surface area (Å²) in [4.78, 5) is 2.69. The molecule has 0 saturated heterocycles. The van der Waals surface area contributed by atoms with Crippen LogP contribution in [0.2, 0.25) is 0 Å². The van der Waals surface area contributed by atoms with E-state index in [1.807, 2.05) is 0 Å². The van der Waals surface area contributed by atoms with Crippen LogP contribution in [-0.2, 0) is 0 Å². The van der Waals surface area contributed by atoms with E-state index < -0.39 is 0 Å². The van der Waals surface area contributed by atoms with Gasteiger partial charge in [-0.3, -0.25) is 0 Å². The molecule has 1 atom stereocenters. The highest BCUT2D eigenvalue weighted by molar-refractivity contribution is 4.60. The molecule has 0 aliphatic rings. The Balaban J connectivity index is 3.53. The molecule has 0 aromatic carbocycles. The maximum Gasteiger partial charge on any atom is -0.00162 e. The van der Waals surface area contributed by atoms with E-state index in [4.69, 9.17) is 0 Å². The fourth-order valence-electron chi connectivity index (χ4n) is 2.55. The third kappa shape index (κ3) is 12.7. The molecule has 1 heteroatoms. The lowest BCUT2D eigenvalue weighted by molar-refractivity contribution is 0.247. The van der Waals surface area contributed by atoms with Crippen LogP contribution in [0.25, 0.3) is 0 Å². The Bertz CT molecular complexity index is 167. The first-order chi connectivity index (χ1) is 9.24. The zero-order valence-corrected chi connectivity index (χ0v) is 14.2. The Morgan fingerprint density at radius 2 is 1.32 bits per heavy atom. The van der Waals surface area contributed by atoms with Crippen LogP contribution in [0, 0.1) is 5.92 Å². The fraction of sp³-hybridized carbons (Fsp3) is 1.00. The van der Waals surface area contributed by atoms with E-state index in [1.165, 1.54) is 83.8 Å². The van der Waals surface area contributed by atoms with Gasteiger partial charge in [0.05, 0.1) is 0 Å². The van der Waals surface area contributed by atoms with Crippen LogP contribution in [0.4, 0.5) is 0 Å². The van der Waals surface area contributed by atoms with Gasteiger partial charge in [0.1, 0.15) is 0 Å². The van der Waals surface area contributed by atoms with E-state index >= 15 is 0 Å². The quantitative estimate of drug-likeness (QED) is 0.356. The number of nitrogens with zero attached hydrogens (tertiary/aromatic N) is 1. The van der Waals surface area contributed by atoms with E-state index in [9.17, 15) is 0 Å². The van der Waals surface area contributed by atoms with Crippen LogP contribution in [0.3, 0.4) is 0 Å². The summed E-state index contributed by atoms with van der Waals surface area (Å²) in [5.74, 6) is 0.897. The summed E-state index contributed by atoms with van der Waals surface area (Å²) < 4.78 is 0. The van der Waals surface area contributed by atoms with Crippen molar-refractivity contribution >= 4 is 0 Å². The van der Waals surface area contributed by atoms with Crippen LogP contribution in [-0.4, -0.2) is 24.5 Å². The summed E-state index contributed by atoms with van der Waals surface area (Å²) in [5, 5.41) is 0. The molecule has 19 heavy (non-hydrogen) atoms. The van der Waals surface area contributed by atoms with E-state index in [1.54, 1.807) is 0 Å². The SMILES string of the molecule is CCCCCCCCCN(CCC)CCC(C)CC. The number of hydrogen-bond donors (Lipinski definition) is 0. The minimum absolute atomic E-state index is 0.897. The molecule has 0 N–H and O–H groups in total. The maximum absolute atomic E-state index is 2.69. The Morgan fingerprint density at radius 3 is 1.89 bits per heavy atom. The van der Waals surface area contributed by atoms with E-state index in [2.05, 4.69) is 32.6 Å². The third-order valence-electron chi connectivity index (χ3n) is 4.25. The summed E-state index contributed by atoms with van der Waals surface area (Å²) in [6.07, 6.45) is 14.0. The van der Waals surface area contributed by atoms with Gasteiger partial charge in [0, 0.05) is 0 Å². The van der Waals surface area contributed by atoms with Crippen molar-refractivity contribution in [2.75, 3.05) is 19.6 Å². The maximum atomic E-state index is 2.69. The first-order valence-electron chi connectivity index (χ1n) is 8.96. The molecule has 1 nitrogen and oxygen atoms in total. The number of hydrogen-bond acceptors (Lipinski definition) is 1. The monoisotopic (exact) mass is 269 g/mol. The number of rotatable bonds is 14. The largest absolute Gasteiger partial charge is 0.303 e. The van der Waals surface area contributed by atoms with Gasteiger partial charge in [0.2, 0.25) is 0 Å². The first kappa shape index (κ1) is 19.0. The molecular weight excluding hydrogens is 230 g/mol. The van der Waals surface area contributed by atoms with Gasteiger partial charge < -0.3 is 4.90 Å². The molecule has 0 fully saturated rings. The molecule has 0 radical (unpaired) electrons. The molecule has 0 rings (SSSR count). The molecule has 0 aliphatic carbocycles. The smallest absolute Gasteiger partial charge is 0.00162 e. The molecule has 0 aliphatic heterocycles. The average Bonchev–Trinajstić information content (AvgIpc) is 2.43. The molecule has 0 aromatic rings. The Labute approximate surface area is 123 Å². The van der Waals surface area contributed by atoms with E-state index in [0.717, 1.165) is 5.92 Å². The lowest BCUT2D eigenvalue weighted by Crippen LogP contribution is -2.28. The second-order valence-electron chi connectivity index (χ2n) is 6.27. The van der Waals surface area contributed by atoms with Crippen LogP contribution in [0.15, 0.2) is 0 Å². The predicted octanol–water partition coefficient (Wildman–Crippen LogP) is 5.89. The molecule has 1 unspecified atom stereocenters. The first-order valence-corrected chi connectivity index (χ1v) is 8.96. The molecule has 0 aromatic heterocycles. The van der Waals surface area contributed by atoms with Gasteiger partial charge in [0.15, 0.2) is 0 Å². The van der Waals surface area contributed by atoms with E-state index in [0.29, 0.717) is 0 Å². The molecular formula is C18H39N. The number of unbranched alkanes of at least 4 members (excludes halogenated alkanes) is 6. The average molecular weight is 270 g/mol. The van der Waals surface area contributed by atoms with Gasteiger partial charge in [-0.05, 0) is 44.8 Å². The summed E-state index contributed by atoms with van der Waals surface area (Å²) >= 11 is 0. The van der Waals surface area contributed by atoms with Gasteiger partial charge in [-0.15, -0.1) is 0 Å². The van der Waals surface area contributed by atoms with Crippen molar-refractivity contribution in [3.63, 3.8) is 0 Å². The predicted molar refractivity (Wildman–Crippen MR) is 88.8 cm³/mol. The van der Waals surface area contributed by atoms with Crippen molar-refractivity contribution in [3.05, 3.63) is 0 Å². The normalized spacial score (nSPS) is 13.1. The molecule has 0 spiro atoms. The minimum atomic E-state index is 0.897. The van der Waals surface area contributed by atoms with Crippen LogP contribution in [0.1, 0.15) is 91.9 Å². The summed E-state index contributed by atoms with van der Waals surface area (Å²) in [5.41, 5.74) is 0. The second kappa shape index (κ2) is 14.4. The van der Waals surface area contributed by atoms with Gasteiger partial charge in [-0.1, -0.05) is 72.6 Å². The molecule has 0 amide bonds. The lowest BCUT2D eigenvalue weighted by Gasteiger charge is -2.23. The second-order valence-corrected chi connectivity index (χ2v) is 6.27. The van der Waals surface area contributed by atoms with Gasteiger partial charge >= 0.3 is 0 Å². The Hall–Kier alpha value is -0.0400. The van der Waals surface area contributed by atoms with Gasteiger partial charge in [-0.25, -0.2) is 0 Å². The fourth-order valence-corrected chi connectivity index (χ4v) is 2.55. The Morgan fingerprint density at radius 1 is 0.684 bits per heavy atom. The summed E-state index contributed by atoms with van der Waals surface area (Å²) in [7, 11) is 0. The summed E-state index contributed by atoms with van der Waals surface area (Å²) in [6, 6.07) is 0. The molecule has 0 bridgehead atoms. The van der Waals surface area contributed by atoms with Crippen LogP contribution >= 0.6 is 0 Å². The standard InChI is InChI=1S/C18H39N/c1-5-8-9-10-11-12-13-16-19(15-6-2)17-14-18(4)7-3/h18H,5-17H2,1-4H3. The third-order valence-corrected chi connectivity index (χ3v) is 4.25. The topological polar surface area (TPSA) is 3.24 Å². The highest BCUT2D eigenvalue weighted by Crippen LogP contribution is 2.10. The highest BCUT2D eigenvalue weighted by Gasteiger charge is 2.06. The minimum Gasteiger partial charge on any atom is -0.303 e.